The molecule has 1 aromatic carbocycles. The Balaban J connectivity index is 1.56. The zero-order valence-corrected chi connectivity index (χ0v) is 17.0. The van der Waals surface area contributed by atoms with Crippen LogP contribution in [0.5, 0.6) is 0 Å². The van der Waals surface area contributed by atoms with Crippen LogP contribution in [0.3, 0.4) is 0 Å². The van der Waals surface area contributed by atoms with Crippen molar-refractivity contribution >= 4 is 27.5 Å². The predicted octanol–water partition coefficient (Wildman–Crippen LogP) is 4.01. The van der Waals surface area contributed by atoms with Gasteiger partial charge in [-0.3, -0.25) is 9.89 Å². The molecule has 0 spiro atoms. The molecule has 28 heavy (non-hydrogen) atoms. The SMILES string of the molecule is Cc1n[nH]c(C)c1Cc1c(C(=O)NC(C)c2nc3ccccc3s2)noc1C. The maximum absolute atomic E-state index is 12.9. The number of nitrogens with zero attached hydrogens (tertiary/aromatic N) is 3. The van der Waals surface area contributed by atoms with Crippen LogP contribution in [0, 0.1) is 20.8 Å². The molecule has 0 saturated heterocycles. The van der Waals surface area contributed by atoms with E-state index in [0.29, 0.717) is 17.9 Å². The smallest absolute Gasteiger partial charge is 0.274 e. The first-order valence-corrected chi connectivity index (χ1v) is 9.87. The van der Waals surface area contributed by atoms with Crippen molar-refractivity contribution < 1.29 is 9.32 Å². The summed E-state index contributed by atoms with van der Waals surface area (Å²) in [5.41, 5.74) is 4.97. The van der Waals surface area contributed by atoms with Crippen LogP contribution in [-0.4, -0.2) is 26.2 Å². The number of para-hydroxylation sites is 1. The Labute approximate surface area is 166 Å². The van der Waals surface area contributed by atoms with Crippen LogP contribution in [0.1, 0.15) is 56.7 Å². The fraction of sp³-hybridized carbons (Fsp3) is 0.300. The largest absolute Gasteiger partial charge is 0.361 e. The molecule has 1 unspecified atom stereocenters. The highest BCUT2D eigenvalue weighted by molar-refractivity contribution is 7.18. The Kier molecular flexibility index (Phi) is 4.72. The van der Waals surface area contributed by atoms with Gasteiger partial charge in [-0.1, -0.05) is 17.3 Å². The Morgan fingerprint density at radius 1 is 1.25 bits per heavy atom. The van der Waals surface area contributed by atoms with Gasteiger partial charge in [0.15, 0.2) is 5.69 Å². The number of fused-ring (bicyclic) bond motifs is 1. The molecule has 0 bridgehead atoms. The summed E-state index contributed by atoms with van der Waals surface area (Å²) in [6, 6.07) is 7.71. The lowest BCUT2D eigenvalue weighted by Crippen LogP contribution is -2.27. The molecule has 0 saturated carbocycles. The summed E-state index contributed by atoms with van der Waals surface area (Å²) in [7, 11) is 0. The van der Waals surface area contributed by atoms with E-state index in [1.54, 1.807) is 11.3 Å². The number of H-pyrrole nitrogens is 1. The average Bonchev–Trinajstić information content (AvgIpc) is 3.35. The number of carbonyl (C=O) groups is 1. The standard InChI is InChI=1S/C20H21N5O2S/c1-10-14(11(2)24-23-10)9-15-13(4)27-25-18(15)19(26)21-12(3)20-22-16-7-5-6-8-17(16)28-20/h5-8,12H,9H2,1-4H3,(H,21,26)(H,23,24). The van der Waals surface area contributed by atoms with E-state index >= 15 is 0 Å². The molecule has 144 valence electrons. The number of aromatic amines is 1. The third-order valence-electron chi connectivity index (χ3n) is 4.86. The Morgan fingerprint density at radius 3 is 2.75 bits per heavy atom. The van der Waals surface area contributed by atoms with E-state index < -0.39 is 0 Å². The van der Waals surface area contributed by atoms with E-state index in [9.17, 15) is 4.79 Å². The van der Waals surface area contributed by atoms with Crippen molar-refractivity contribution in [1.82, 2.24) is 25.7 Å². The molecule has 0 radical (unpaired) electrons. The van der Waals surface area contributed by atoms with E-state index in [0.717, 1.165) is 37.7 Å². The second-order valence-corrected chi connectivity index (χ2v) is 7.93. The molecular weight excluding hydrogens is 374 g/mol. The second-order valence-electron chi connectivity index (χ2n) is 6.87. The summed E-state index contributed by atoms with van der Waals surface area (Å²) < 4.78 is 6.43. The van der Waals surface area contributed by atoms with Crippen molar-refractivity contribution in [3.8, 4) is 0 Å². The topological polar surface area (TPSA) is 96.7 Å². The third kappa shape index (κ3) is 3.31. The van der Waals surface area contributed by atoms with Crippen molar-refractivity contribution in [1.29, 1.82) is 0 Å². The maximum atomic E-state index is 12.9. The van der Waals surface area contributed by atoms with Crippen LogP contribution in [0.2, 0.25) is 0 Å². The molecule has 7 nitrogen and oxygen atoms in total. The van der Waals surface area contributed by atoms with Gasteiger partial charge in [-0.05, 0) is 39.8 Å². The maximum Gasteiger partial charge on any atom is 0.274 e. The van der Waals surface area contributed by atoms with Crippen LogP contribution in [0.15, 0.2) is 28.8 Å². The van der Waals surface area contributed by atoms with Gasteiger partial charge in [-0.25, -0.2) is 4.98 Å². The van der Waals surface area contributed by atoms with Gasteiger partial charge in [-0.2, -0.15) is 5.10 Å². The van der Waals surface area contributed by atoms with E-state index in [1.165, 1.54) is 0 Å². The fourth-order valence-corrected chi connectivity index (χ4v) is 4.16. The zero-order valence-electron chi connectivity index (χ0n) is 16.2. The summed E-state index contributed by atoms with van der Waals surface area (Å²) in [4.78, 5) is 17.5. The van der Waals surface area contributed by atoms with Crippen molar-refractivity contribution in [2.75, 3.05) is 0 Å². The number of rotatable bonds is 5. The lowest BCUT2D eigenvalue weighted by molar-refractivity contribution is 0.0930. The normalized spacial score (nSPS) is 12.4. The van der Waals surface area contributed by atoms with E-state index in [2.05, 4.69) is 25.7 Å². The number of amides is 1. The zero-order chi connectivity index (χ0) is 19.8. The summed E-state index contributed by atoms with van der Waals surface area (Å²) >= 11 is 1.58. The monoisotopic (exact) mass is 395 g/mol. The van der Waals surface area contributed by atoms with E-state index in [-0.39, 0.29) is 11.9 Å². The predicted molar refractivity (Wildman–Crippen MR) is 108 cm³/mol. The molecule has 8 heteroatoms. The minimum absolute atomic E-state index is 0.229. The van der Waals surface area contributed by atoms with Crippen LogP contribution >= 0.6 is 11.3 Å². The van der Waals surface area contributed by atoms with Crippen molar-refractivity contribution in [2.24, 2.45) is 0 Å². The number of aryl methyl sites for hydroxylation is 3. The first-order valence-electron chi connectivity index (χ1n) is 9.06. The molecule has 1 atom stereocenters. The lowest BCUT2D eigenvalue weighted by atomic mass is 10.0. The molecule has 0 aliphatic rings. The highest BCUT2D eigenvalue weighted by Gasteiger charge is 2.24. The van der Waals surface area contributed by atoms with Crippen molar-refractivity contribution in [3.05, 3.63) is 63.2 Å². The lowest BCUT2D eigenvalue weighted by Gasteiger charge is -2.10. The minimum atomic E-state index is -0.266. The van der Waals surface area contributed by atoms with E-state index in [1.807, 2.05) is 52.0 Å². The van der Waals surface area contributed by atoms with Crippen LogP contribution in [-0.2, 0) is 6.42 Å². The number of benzene rings is 1. The van der Waals surface area contributed by atoms with Crippen LogP contribution in [0.25, 0.3) is 10.2 Å². The van der Waals surface area contributed by atoms with Gasteiger partial charge < -0.3 is 9.84 Å². The van der Waals surface area contributed by atoms with Crippen molar-refractivity contribution in [3.63, 3.8) is 0 Å². The molecule has 0 aliphatic heterocycles. The highest BCUT2D eigenvalue weighted by atomic mass is 32.1. The Morgan fingerprint density at radius 2 is 2.04 bits per heavy atom. The van der Waals surface area contributed by atoms with Crippen LogP contribution < -0.4 is 5.32 Å². The molecule has 4 rings (SSSR count). The molecule has 3 aromatic heterocycles. The quantitative estimate of drug-likeness (QED) is 0.532. The fourth-order valence-electron chi connectivity index (χ4n) is 3.19. The third-order valence-corrected chi connectivity index (χ3v) is 6.08. The molecule has 2 N–H and O–H groups in total. The van der Waals surface area contributed by atoms with Crippen LogP contribution in [0.4, 0.5) is 0 Å². The van der Waals surface area contributed by atoms with Gasteiger partial charge in [0.25, 0.3) is 5.91 Å². The van der Waals surface area contributed by atoms with Gasteiger partial charge in [0.1, 0.15) is 10.8 Å². The average molecular weight is 395 g/mol. The minimum Gasteiger partial charge on any atom is -0.361 e. The number of carbonyl (C=O) groups excluding carboxylic acids is 1. The van der Waals surface area contributed by atoms with Gasteiger partial charge in [0.2, 0.25) is 0 Å². The number of nitrogens with one attached hydrogen (secondary N) is 2. The summed E-state index contributed by atoms with van der Waals surface area (Å²) in [6.45, 7) is 7.65. The molecule has 1 amide bonds. The molecule has 0 aliphatic carbocycles. The first kappa shape index (κ1) is 18.4. The highest BCUT2D eigenvalue weighted by Crippen LogP contribution is 2.27. The van der Waals surface area contributed by atoms with Gasteiger partial charge in [-0.15, -0.1) is 11.3 Å². The number of aromatic nitrogens is 4. The first-order chi connectivity index (χ1) is 13.4. The number of hydrogen-bond acceptors (Lipinski definition) is 6. The number of hydrogen-bond donors (Lipinski definition) is 2. The summed E-state index contributed by atoms with van der Waals surface area (Å²) in [5.74, 6) is 0.371. The molecule has 4 aromatic rings. The second kappa shape index (κ2) is 7.20. The van der Waals surface area contributed by atoms with Crippen molar-refractivity contribution in [2.45, 2.75) is 40.2 Å². The molecular formula is C20H21N5O2S. The Hall–Kier alpha value is -3.00. The van der Waals surface area contributed by atoms with E-state index in [4.69, 9.17) is 4.52 Å². The Bertz CT molecular complexity index is 1100. The van der Waals surface area contributed by atoms with Gasteiger partial charge >= 0.3 is 0 Å². The number of thiazole rings is 1. The molecule has 3 heterocycles. The molecule has 0 fully saturated rings. The van der Waals surface area contributed by atoms with Gasteiger partial charge in [0, 0.05) is 23.2 Å². The summed E-state index contributed by atoms with van der Waals surface area (Å²) in [6.07, 6.45) is 0.543. The van der Waals surface area contributed by atoms with Gasteiger partial charge in [0.05, 0.1) is 22.0 Å². The summed E-state index contributed by atoms with van der Waals surface area (Å²) in [5, 5.41) is 15.1.